The van der Waals surface area contributed by atoms with Crippen LogP contribution in [0.3, 0.4) is 0 Å². The number of rotatable bonds is 9. The molecule has 0 aliphatic carbocycles. The van der Waals surface area contributed by atoms with Gasteiger partial charge >= 0.3 is 12.1 Å². The first-order chi connectivity index (χ1) is 23.7. The third-order valence-corrected chi connectivity index (χ3v) is 8.39. The van der Waals surface area contributed by atoms with E-state index in [9.17, 15) is 9.59 Å². The van der Waals surface area contributed by atoms with Gasteiger partial charge < -0.3 is 19.1 Å². The topological polar surface area (TPSA) is 84.4 Å². The van der Waals surface area contributed by atoms with Gasteiger partial charge in [0.2, 0.25) is 11.8 Å². The van der Waals surface area contributed by atoms with Crippen molar-refractivity contribution in [2.45, 2.75) is 72.2 Å². The minimum Gasteiger partial charge on any atom is -0.473 e. The fraction of sp³-hybridized carbons (Fsp3) is 0.375. The van der Waals surface area contributed by atoms with Crippen molar-refractivity contribution in [2.24, 2.45) is 0 Å². The number of ether oxygens (including phenoxy) is 3. The molecule has 6 rings (SSSR count). The highest BCUT2D eigenvalue weighted by Crippen LogP contribution is 2.35. The molecule has 0 spiro atoms. The maximum absolute atomic E-state index is 13.8. The number of urea groups is 1. The zero-order valence-corrected chi connectivity index (χ0v) is 29.3. The van der Waals surface area contributed by atoms with Gasteiger partial charge in [0.15, 0.2) is 0 Å². The zero-order valence-electron chi connectivity index (χ0n) is 29.3. The van der Waals surface area contributed by atoms with E-state index in [0.29, 0.717) is 62.8 Å². The predicted octanol–water partition coefficient (Wildman–Crippen LogP) is 8.83. The summed E-state index contributed by atoms with van der Waals surface area (Å²) >= 11 is 0. The van der Waals surface area contributed by atoms with Crippen molar-refractivity contribution in [3.05, 3.63) is 114 Å². The van der Waals surface area contributed by atoms with Crippen molar-refractivity contribution in [3.8, 4) is 11.8 Å². The van der Waals surface area contributed by atoms with Crippen LogP contribution < -0.4 is 19.3 Å². The summed E-state index contributed by atoms with van der Waals surface area (Å²) in [7, 11) is 0. The molecular weight excluding hydrogens is 616 g/mol. The molecule has 0 N–H and O–H groups in total. The van der Waals surface area contributed by atoms with E-state index in [2.05, 4.69) is 17.1 Å². The lowest BCUT2D eigenvalue weighted by molar-refractivity contribution is 0.0205. The lowest BCUT2D eigenvalue weighted by Crippen LogP contribution is -2.41. The molecule has 1 aromatic heterocycles. The average molecular weight is 665 g/mol. The van der Waals surface area contributed by atoms with Gasteiger partial charge in [-0.2, -0.15) is 4.98 Å². The van der Waals surface area contributed by atoms with Gasteiger partial charge in [0.05, 0.1) is 0 Å². The van der Waals surface area contributed by atoms with Gasteiger partial charge in [-0.3, -0.25) is 9.80 Å². The normalized spacial score (nSPS) is 15.0. The van der Waals surface area contributed by atoms with Crippen molar-refractivity contribution in [3.63, 3.8) is 0 Å². The Morgan fingerprint density at radius 2 is 1.31 bits per heavy atom. The van der Waals surface area contributed by atoms with Crippen LogP contribution in [-0.2, 0) is 18.0 Å². The fourth-order valence-corrected chi connectivity index (χ4v) is 5.91. The molecule has 0 unspecified atom stereocenters. The third kappa shape index (κ3) is 9.31. The Labute approximate surface area is 290 Å². The largest absolute Gasteiger partial charge is 0.473 e. The number of hydrogen-bond acceptors (Lipinski definition) is 6. The van der Waals surface area contributed by atoms with E-state index in [1.807, 2.05) is 113 Å². The molecule has 9 heteroatoms. The number of pyridine rings is 1. The predicted molar refractivity (Wildman–Crippen MR) is 193 cm³/mol. The fourth-order valence-electron chi connectivity index (χ4n) is 5.91. The molecule has 3 aromatic carbocycles. The number of benzene rings is 3. The molecule has 2 aliphatic rings. The van der Waals surface area contributed by atoms with E-state index in [4.69, 9.17) is 14.2 Å². The van der Waals surface area contributed by atoms with Crippen LogP contribution in [0.4, 0.5) is 21.0 Å². The molecule has 49 heavy (non-hydrogen) atoms. The van der Waals surface area contributed by atoms with Gasteiger partial charge in [-0.05, 0) is 74.4 Å². The highest BCUT2D eigenvalue weighted by atomic mass is 16.6. The second-order valence-corrected chi connectivity index (χ2v) is 12.9. The van der Waals surface area contributed by atoms with E-state index in [1.165, 1.54) is 5.56 Å². The summed E-state index contributed by atoms with van der Waals surface area (Å²) in [5, 5.41) is 0. The van der Waals surface area contributed by atoms with Gasteiger partial charge in [-0.15, -0.1) is 0 Å². The Kier molecular flexibility index (Phi) is 11.8. The monoisotopic (exact) mass is 664 g/mol. The van der Waals surface area contributed by atoms with Crippen molar-refractivity contribution in [1.29, 1.82) is 0 Å². The summed E-state index contributed by atoms with van der Waals surface area (Å²) in [5.41, 5.74) is 4.20. The van der Waals surface area contributed by atoms with E-state index in [-0.39, 0.29) is 12.1 Å². The second kappa shape index (κ2) is 16.4. The maximum atomic E-state index is 13.8. The van der Waals surface area contributed by atoms with Gasteiger partial charge in [0.1, 0.15) is 24.5 Å². The molecule has 0 radical (unpaired) electrons. The summed E-state index contributed by atoms with van der Waals surface area (Å²) in [6.07, 6.45) is 1.50. The van der Waals surface area contributed by atoms with Crippen LogP contribution in [-0.4, -0.2) is 53.8 Å². The van der Waals surface area contributed by atoms with Gasteiger partial charge in [-0.25, -0.2) is 9.59 Å². The number of carbonyl (C=O) groups is 2. The summed E-state index contributed by atoms with van der Waals surface area (Å²) in [6.45, 7) is 12.7. The molecule has 2 saturated heterocycles. The minimum absolute atomic E-state index is 0.132. The lowest BCUT2D eigenvalue weighted by Gasteiger charge is -2.33. The molecule has 3 heterocycles. The standard InChI is InChI=1S/C38H42N4O5.C2H6/c1-38(2,3)47-37(44)40-22-20-31(21-23-40)30-14-16-32(17-15-30)41-24-25-42(36(41)43)33-18-19-34(45-26-28-10-6-4-7-11-28)39-35(33)46-27-29-12-8-5-9-13-29;1-2/h4-19,31H,20-27H2,1-3H3;1-2H3. The maximum Gasteiger partial charge on any atom is 0.410 e. The van der Waals surface area contributed by atoms with Crippen molar-refractivity contribution in [1.82, 2.24) is 9.88 Å². The SMILES string of the molecule is CC.CC(C)(C)OC(=O)N1CCC(c2ccc(N3CCN(c4ccc(OCc5ccccc5)nc4OCc4ccccc4)C3=O)cc2)CC1. The molecule has 3 amide bonds. The lowest BCUT2D eigenvalue weighted by atomic mass is 9.89. The molecule has 0 bridgehead atoms. The average Bonchev–Trinajstić information content (AvgIpc) is 3.51. The van der Waals surface area contributed by atoms with E-state index < -0.39 is 5.60 Å². The number of carbonyl (C=O) groups excluding carboxylic acids is 2. The van der Waals surface area contributed by atoms with Crippen LogP contribution in [0.15, 0.2) is 97.1 Å². The molecule has 0 saturated carbocycles. The van der Waals surface area contributed by atoms with E-state index in [1.54, 1.807) is 20.8 Å². The summed E-state index contributed by atoms with van der Waals surface area (Å²) in [4.78, 5) is 36.3. The number of anilines is 2. The van der Waals surface area contributed by atoms with Gasteiger partial charge in [-0.1, -0.05) is 86.6 Å². The Morgan fingerprint density at radius 1 is 0.735 bits per heavy atom. The number of likely N-dealkylation sites (tertiary alicyclic amines) is 1. The quantitative estimate of drug-likeness (QED) is 0.178. The van der Waals surface area contributed by atoms with Gasteiger partial charge in [0.25, 0.3) is 0 Å². The van der Waals surface area contributed by atoms with Crippen LogP contribution in [0.25, 0.3) is 0 Å². The molecular formula is C40H48N4O5. The number of nitrogens with zero attached hydrogens (tertiary/aromatic N) is 4. The first kappa shape index (κ1) is 35.3. The number of amides is 3. The smallest absolute Gasteiger partial charge is 0.410 e. The van der Waals surface area contributed by atoms with Crippen molar-refractivity contribution < 1.29 is 23.8 Å². The third-order valence-electron chi connectivity index (χ3n) is 8.39. The van der Waals surface area contributed by atoms with Gasteiger partial charge in [0, 0.05) is 37.9 Å². The number of piperidine rings is 1. The minimum atomic E-state index is -0.500. The van der Waals surface area contributed by atoms with Crippen molar-refractivity contribution in [2.75, 3.05) is 36.0 Å². The summed E-state index contributed by atoms with van der Waals surface area (Å²) in [5.74, 6) is 1.13. The molecule has 0 atom stereocenters. The van der Waals surface area contributed by atoms with Crippen LogP contribution in [0, 0.1) is 0 Å². The van der Waals surface area contributed by atoms with Crippen LogP contribution >= 0.6 is 0 Å². The van der Waals surface area contributed by atoms with Crippen LogP contribution in [0.1, 0.15) is 70.1 Å². The first-order valence-corrected chi connectivity index (χ1v) is 17.2. The molecule has 258 valence electrons. The van der Waals surface area contributed by atoms with Crippen LogP contribution in [0.5, 0.6) is 11.8 Å². The van der Waals surface area contributed by atoms with Crippen molar-refractivity contribution >= 4 is 23.5 Å². The first-order valence-electron chi connectivity index (χ1n) is 17.2. The molecule has 2 aliphatic heterocycles. The molecule has 2 fully saturated rings. The van der Waals surface area contributed by atoms with E-state index >= 15 is 0 Å². The Bertz CT molecular complexity index is 1650. The van der Waals surface area contributed by atoms with E-state index in [0.717, 1.165) is 29.7 Å². The summed E-state index contributed by atoms with van der Waals surface area (Å²) in [6, 6.07) is 31.5. The molecule has 4 aromatic rings. The summed E-state index contributed by atoms with van der Waals surface area (Å²) < 4.78 is 17.7. The number of aromatic nitrogens is 1. The second-order valence-electron chi connectivity index (χ2n) is 12.9. The Morgan fingerprint density at radius 3 is 1.90 bits per heavy atom. The van der Waals surface area contributed by atoms with Crippen LogP contribution in [0.2, 0.25) is 0 Å². The highest BCUT2D eigenvalue weighted by molar-refractivity contribution is 6.06. The zero-order chi connectivity index (χ0) is 34.8. The number of hydrogen-bond donors (Lipinski definition) is 0. The Hall–Kier alpha value is -5.05. The Balaban J connectivity index is 0.00000230. The highest BCUT2D eigenvalue weighted by Gasteiger charge is 2.34. The molecule has 9 nitrogen and oxygen atoms in total.